The van der Waals surface area contributed by atoms with Crippen LogP contribution in [-0.4, -0.2) is 75.2 Å². The Labute approximate surface area is 212 Å². The Bertz CT molecular complexity index is 839. The third kappa shape index (κ3) is 9.05. The van der Waals surface area contributed by atoms with Crippen LogP contribution in [0.2, 0.25) is 0 Å². The van der Waals surface area contributed by atoms with Gasteiger partial charge in [0.2, 0.25) is 5.91 Å². The average molecular weight is 572 g/mol. The van der Waals surface area contributed by atoms with Gasteiger partial charge in [0.25, 0.3) is 0 Å². The number of likely N-dealkylation sites (N-methyl/N-ethyl adjacent to an activating group) is 1. The largest absolute Gasteiger partial charge is 0.379 e. The fourth-order valence-corrected chi connectivity index (χ4v) is 3.99. The van der Waals surface area contributed by atoms with Crippen LogP contribution in [0.5, 0.6) is 0 Å². The summed E-state index contributed by atoms with van der Waals surface area (Å²) in [7, 11) is 3.51. The summed E-state index contributed by atoms with van der Waals surface area (Å²) in [5, 5.41) is 8.63. The van der Waals surface area contributed by atoms with Crippen molar-refractivity contribution in [3.05, 3.63) is 57.8 Å². The number of ether oxygens (including phenoxy) is 1. The zero-order valence-electron chi connectivity index (χ0n) is 18.9. The van der Waals surface area contributed by atoms with Gasteiger partial charge in [0.1, 0.15) is 0 Å². The van der Waals surface area contributed by atoms with Gasteiger partial charge in [0.15, 0.2) is 5.96 Å². The molecule has 3 rings (SSSR count). The predicted molar refractivity (Wildman–Crippen MR) is 142 cm³/mol. The van der Waals surface area contributed by atoms with Gasteiger partial charge in [-0.25, -0.2) is 4.99 Å². The molecule has 1 aliphatic rings. The quantitative estimate of drug-likeness (QED) is 0.275. The molecule has 0 saturated carbocycles. The van der Waals surface area contributed by atoms with Crippen LogP contribution in [-0.2, 0) is 29.0 Å². The van der Waals surface area contributed by atoms with E-state index in [1.54, 1.807) is 30.3 Å². The molecule has 1 saturated heterocycles. The molecule has 0 unspecified atom stereocenters. The molecule has 32 heavy (non-hydrogen) atoms. The first-order valence-electron chi connectivity index (χ1n) is 10.7. The number of guanidine groups is 1. The second-order valence-corrected chi connectivity index (χ2v) is 8.75. The van der Waals surface area contributed by atoms with E-state index >= 15 is 0 Å². The van der Waals surface area contributed by atoms with E-state index in [0.29, 0.717) is 12.5 Å². The lowest BCUT2D eigenvalue weighted by atomic mass is 10.1. The highest BCUT2D eigenvalue weighted by molar-refractivity contribution is 14.0. The number of morpholine rings is 1. The number of benzene rings is 1. The summed E-state index contributed by atoms with van der Waals surface area (Å²) < 4.78 is 5.46. The number of thiophene rings is 1. The molecule has 0 radical (unpaired) electrons. The van der Waals surface area contributed by atoms with Gasteiger partial charge in [0, 0.05) is 45.2 Å². The molecule has 0 bridgehead atoms. The van der Waals surface area contributed by atoms with Crippen molar-refractivity contribution in [2.75, 3.05) is 53.5 Å². The van der Waals surface area contributed by atoms with Gasteiger partial charge in [-0.15, -0.1) is 35.3 Å². The van der Waals surface area contributed by atoms with E-state index in [1.165, 1.54) is 16.0 Å². The number of rotatable bonds is 9. The maximum Gasteiger partial charge on any atom is 0.241 e. The fourth-order valence-electron chi connectivity index (χ4n) is 3.28. The predicted octanol–water partition coefficient (Wildman–Crippen LogP) is 2.56. The number of amides is 1. The molecule has 0 spiro atoms. The van der Waals surface area contributed by atoms with E-state index in [0.717, 1.165) is 45.8 Å². The van der Waals surface area contributed by atoms with Gasteiger partial charge >= 0.3 is 0 Å². The molecule has 0 atom stereocenters. The summed E-state index contributed by atoms with van der Waals surface area (Å²) in [5.74, 6) is 0.674. The zero-order valence-corrected chi connectivity index (χ0v) is 22.0. The monoisotopic (exact) mass is 571 g/mol. The van der Waals surface area contributed by atoms with Gasteiger partial charge < -0.3 is 20.3 Å². The number of nitrogens with zero attached hydrogens (tertiary/aromatic N) is 3. The minimum atomic E-state index is 0. The Kier molecular flexibility index (Phi) is 12.0. The summed E-state index contributed by atoms with van der Waals surface area (Å²) >= 11 is 1.75. The van der Waals surface area contributed by atoms with E-state index in [9.17, 15) is 4.79 Å². The molecule has 1 amide bonds. The van der Waals surface area contributed by atoms with Gasteiger partial charge in [0.05, 0.1) is 26.3 Å². The van der Waals surface area contributed by atoms with Crippen LogP contribution < -0.4 is 10.6 Å². The number of nitrogens with one attached hydrogen (secondary N) is 2. The lowest BCUT2D eigenvalue weighted by Crippen LogP contribution is -2.43. The summed E-state index contributed by atoms with van der Waals surface area (Å²) in [6.45, 7) is 5.95. The van der Waals surface area contributed by atoms with Crippen molar-refractivity contribution in [3.63, 3.8) is 0 Å². The van der Waals surface area contributed by atoms with Crippen LogP contribution in [0, 0.1) is 0 Å². The first-order chi connectivity index (χ1) is 15.1. The molecule has 2 heterocycles. The normalized spacial score (nSPS) is 14.5. The highest BCUT2D eigenvalue weighted by atomic mass is 127. The Balaban J connectivity index is 0.00000363. The number of hydrogen-bond donors (Lipinski definition) is 2. The number of carbonyl (C=O) groups is 1. The van der Waals surface area contributed by atoms with Crippen molar-refractivity contribution in [1.29, 1.82) is 0 Å². The molecule has 176 valence electrons. The molecule has 1 aromatic heterocycles. The standard InChI is InChI=1S/C23H33N5O2S.HI/c1-27(2)22(29)17-26-23(24-10-9-21-8-5-15-31-21)25-16-19-6-3-4-7-20(19)18-28-11-13-30-14-12-28;/h3-8,15H,9-14,16-18H2,1-2H3,(H2,24,25,26);1H. The average Bonchev–Trinajstić information content (AvgIpc) is 3.30. The number of hydrogen-bond acceptors (Lipinski definition) is 5. The molecule has 9 heteroatoms. The minimum Gasteiger partial charge on any atom is -0.379 e. The molecule has 2 N–H and O–H groups in total. The summed E-state index contributed by atoms with van der Waals surface area (Å²) in [6, 6.07) is 12.6. The van der Waals surface area contributed by atoms with Crippen molar-refractivity contribution in [1.82, 2.24) is 20.4 Å². The van der Waals surface area contributed by atoms with Crippen LogP contribution >= 0.6 is 35.3 Å². The summed E-state index contributed by atoms with van der Waals surface area (Å²) in [4.78, 5) is 22.1. The van der Waals surface area contributed by atoms with E-state index in [2.05, 4.69) is 57.3 Å². The Morgan fingerprint density at radius 2 is 1.88 bits per heavy atom. The van der Waals surface area contributed by atoms with Gasteiger partial charge in [-0.2, -0.15) is 0 Å². The van der Waals surface area contributed by atoms with Crippen LogP contribution in [0.4, 0.5) is 0 Å². The van der Waals surface area contributed by atoms with Crippen molar-refractivity contribution < 1.29 is 9.53 Å². The lowest BCUT2D eigenvalue weighted by Gasteiger charge is -2.27. The first kappa shape index (κ1) is 26.6. The highest BCUT2D eigenvalue weighted by Gasteiger charge is 2.13. The van der Waals surface area contributed by atoms with E-state index in [1.807, 2.05) is 0 Å². The molecule has 0 aliphatic carbocycles. The minimum absolute atomic E-state index is 0. The summed E-state index contributed by atoms with van der Waals surface area (Å²) in [6.07, 6.45) is 0.924. The van der Waals surface area contributed by atoms with Gasteiger partial charge in [-0.1, -0.05) is 30.3 Å². The molecule has 1 aromatic carbocycles. The topological polar surface area (TPSA) is 69.2 Å². The smallest absolute Gasteiger partial charge is 0.241 e. The number of carbonyl (C=O) groups excluding carboxylic acids is 1. The van der Waals surface area contributed by atoms with Crippen molar-refractivity contribution in [3.8, 4) is 0 Å². The molecule has 1 fully saturated rings. The summed E-state index contributed by atoms with van der Waals surface area (Å²) in [5.41, 5.74) is 2.49. The van der Waals surface area contributed by atoms with Crippen molar-refractivity contribution >= 4 is 47.2 Å². The van der Waals surface area contributed by atoms with Gasteiger partial charge in [-0.3, -0.25) is 9.69 Å². The van der Waals surface area contributed by atoms with Crippen molar-refractivity contribution in [2.45, 2.75) is 19.5 Å². The third-order valence-corrected chi connectivity index (χ3v) is 6.11. The van der Waals surface area contributed by atoms with Crippen molar-refractivity contribution in [2.24, 2.45) is 4.99 Å². The van der Waals surface area contributed by atoms with Crippen LogP contribution in [0.25, 0.3) is 0 Å². The number of aliphatic imine (C=N–C) groups is 1. The Hall–Kier alpha value is -1.69. The molecular formula is C23H34IN5O2S. The molecule has 2 aromatic rings. The zero-order chi connectivity index (χ0) is 21.9. The van der Waals surface area contributed by atoms with E-state index in [4.69, 9.17) is 9.73 Å². The second kappa shape index (κ2) is 14.5. The van der Waals surface area contributed by atoms with E-state index < -0.39 is 0 Å². The van der Waals surface area contributed by atoms with Gasteiger partial charge in [-0.05, 0) is 29.0 Å². The molecule has 7 nitrogen and oxygen atoms in total. The molecule has 1 aliphatic heterocycles. The second-order valence-electron chi connectivity index (χ2n) is 7.72. The van der Waals surface area contributed by atoms with Crippen LogP contribution in [0.1, 0.15) is 16.0 Å². The van der Waals surface area contributed by atoms with E-state index in [-0.39, 0.29) is 36.4 Å². The fraction of sp³-hybridized carbons (Fsp3) is 0.478. The maximum absolute atomic E-state index is 12.0. The number of halogens is 1. The SMILES string of the molecule is CN(C)C(=O)CNC(=NCc1ccccc1CN1CCOCC1)NCCc1cccs1.I. The highest BCUT2D eigenvalue weighted by Crippen LogP contribution is 2.14. The lowest BCUT2D eigenvalue weighted by molar-refractivity contribution is -0.127. The van der Waals surface area contributed by atoms with Crippen LogP contribution in [0.15, 0.2) is 46.8 Å². The van der Waals surface area contributed by atoms with Crippen LogP contribution in [0.3, 0.4) is 0 Å². The third-order valence-electron chi connectivity index (χ3n) is 5.17. The first-order valence-corrected chi connectivity index (χ1v) is 11.6. The maximum atomic E-state index is 12.0. The Morgan fingerprint density at radius 3 is 2.56 bits per heavy atom. The molecular weight excluding hydrogens is 537 g/mol. The Morgan fingerprint density at radius 1 is 1.12 bits per heavy atom.